The number of benzene rings is 1. The molecule has 0 saturated heterocycles. The first-order chi connectivity index (χ1) is 7.27. The molecular formula is C12H16ClF2N. The summed E-state index contributed by atoms with van der Waals surface area (Å²) >= 11 is 5.93. The van der Waals surface area contributed by atoms with Crippen molar-refractivity contribution < 1.29 is 8.78 Å². The Kier molecular flexibility index (Phi) is 3.92. The van der Waals surface area contributed by atoms with Gasteiger partial charge < -0.3 is 5.32 Å². The Hall–Kier alpha value is -0.670. The van der Waals surface area contributed by atoms with Gasteiger partial charge in [-0.1, -0.05) is 32.4 Å². The Morgan fingerprint density at radius 2 is 1.69 bits per heavy atom. The van der Waals surface area contributed by atoms with Gasteiger partial charge in [-0.05, 0) is 30.2 Å². The topological polar surface area (TPSA) is 12.0 Å². The van der Waals surface area contributed by atoms with Crippen LogP contribution in [0.2, 0.25) is 5.02 Å². The van der Waals surface area contributed by atoms with E-state index in [4.69, 9.17) is 11.6 Å². The first-order valence-corrected chi connectivity index (χ1v) is 5.47. The molecule has 90 valence electrons. The van der Waals surface area contributed by atoms with Gasteiger partial charge in [-0.15, -0.1) is 0 Å². The summed E-state index contributed by atoms with van der Waals surface area (Å²) in [6.07, 6.45) is 0. The quantitative estimate of drug-likeness (QED) is 0.781. The number of hydrogen-bond acceptors (Lipinski definition) is 1. The van der Waals surface area contributed by atoms with Crippen LogP contribution in [0.25, 0.3) is 0 Å². The molecule has 1 aromatic carbocycles. The molecule has 0 aromatic heterocycles. The molecule has 0 heterocycles. The van der Waals surface area contributed by atoms with Gasteiger partial charge in [0.1, 0.15) is 0 Å². The van der Waals surface area contributed by atoms with Crippen LogP contribution in [0.4, 0.5) is 8.78 Å². The van der Waals surface area contributed by atoms with Crippen molar-refractivity contribution in [1.29, 1.82) is 0 Å². The lowest BCUT2D eigenvalue weighted by molar-refractivity contribution is 0.286. The third-order valence-corrected chi connectivity index (χ3v) is 2.83. The maximum absolute atomic E-state index is 13.2. The van der Waals surface area contributed by atoms with Crippen molar-refractivity contribution in [2.24, 2.45) is 5.41 Å². The second kappa shape index (κ2) is 4.68. The lowest BCUT2D eigenvalue weighted by atomic mass is 9.82. The highest BCUT2D eigenvalue weighted by Gasteiger charge is 2.27. The van der Waals surface area contributed by atoms with E-state index in [2.05, 4.69) is 5.32 Å². The van der Waals surface area contributed by atoms with Crippen LogP contribution in [0.15, 0.2) is 12.1 Å². The Balaban J connectivity index is 3.26. The highest BCUT2D eigenvalue weighted by Crippen LogP contribution is 2.36. The fourth-order valence-electron chi connectivity index (χ4n) is 1.81. The van der Waals surface area contributed by atoms with Gasteiger partial charge in [0, 0.05) is 11.1 Å². The van der Waals surface area contributed by atoms with Crippen LogP contribution in [0.3, 0.4) is 0 Å². The van der Waals surface area contributed by atoms with E-state index in [9.17, 15) is 8.78 Å². The van der Waals surface area contributed by atoms with Crippen LogP contribution in [-0.2, 0) is 0 Å². The summed E-state index contributed by atoms with van der Waals surface area (Å²) in [6.45, 7) is 6.02. The van der Waals surface area contributed by atoms with Crippen molar-refractivity contribution in [2.45, 2.75) is 26.8 Å². The summed E-state index contributed by atoms with van der Waals surface area (Å²) in [5.74, 6) is -1.79. The predicted molar refractivity (Wildman–Crippen MR) is 62.6 cm³/mol. The fourth-order valence-corrected chi connectivity index (χ4v) is 2.07. The molecule has 4 heteroatoms. The molecule has 1 N–H and O–H groups in total. The first kappa shape index (κ1) is 13.4. The van der Waals surface area contributed by atoms with E-state index in [1.165, 1.54) is 0 Å². The maximum atomic E-state index is 13.2. The SMILES string of the molecule is CNC(c1cc(F)c(F)cc1Cl)C(C)(C)C. The average molecular weight is 248 g/mol. The van der Waals surface area contributed by atoms with Crippen molar-refractivity contribution in [1.82, 2.24) is 5.32 Å². The van der Waals surface area contributed by atoms with E-state index in [1.807, 2.05) is 20.8 Å². The maximum Gasteiger partial charge on any atom is 0.160 e. The molecular weight excluding hydrogens is 232 g/mol. The normalized spacial score (nSPS) is 13.9. The van der Waals surface area contributed by atoms with Gasteiger partial charge in [-0.3, -0.25) is 0 Å². The zero-order valence-corrected chi connectivity index (χ0v) is 10.6. The lowest BCUT2D eigenvalue weighted by Gasteiger charge is -2.31. The smallest absolute Gasteiger partial charge is 0.160 e. The molecule has 0 radical (unpaired) electrons. The van der Waals surface area contributed by atoms with Crippen LogP contribution >= 0.6 is 11.6 Å². The summed E-state index contributed by atoms with van der Waals surface area (Å²) in [5.41, 5.74) is 0.443. The van der Waals surface area contributed by atoms with E-state index in [0.29, 0.717) is 5.56 Å². The molecule has 1 unspecified atom stereocenters. The van der Waals surface area contributed by atoms with Gasteiger partial charge >= 0.3 is 0 Å². The molecule has 16 heavy (non-hydrogen) atoms. The van der Waals surface area contributed by atoms with Crippen molar-refractivity contribution in [3.63, 3.8) is 0 Å². The van der Waals surface area contributed by atoms with Crippen LogP contribution < -0.4 is 5.32 Å². The summed E-state index contributed by atoms with van der Waals surface area (Å²) in [7, 11) is 1.77. The Morgan fingerprint density at radius 1 is 1.19 bits per heavy atom. The Morgan fingerprint density at radius 3 is 2.12 bits per heavy atom. The second-order valence-electron chi connectivity index (χ2n) is 4.88. The molecule has 0 fully saturated rings. The molecule has 1 atom stereocenters. The van der Waals surface area contributed by atoms with Crippen molar-refractivity contribution in [3.8, 4) is 0 Å². The van der Waals surface area contributed by atoms with Crippen LogP contribution in [0, 0.1) is 17.0 Å². The van der Waals surface area contributed by atoms with Gasteiger partial charge in [0.15, 0.2) is 11.6 Å². The molecule has 0 amide bonds. The average Bonchev–Trinajstić information content (AvgIpc) is 2.12. The van der Waals surface area contributed by atoms with Crippen molar-refractivity contribution in [3.05, 3.63) is 34.4 Å². The van der Waals surface area contributed by atoms with Crippen LogP contribution in [0.1, 0.15) is 32.4 Å². The van der Waals surface area contributed by atoms with E-state index < -0.39 is 11.6 Å². The largest absolute Gasteiger partial charge is 0.313 e. The summed E-state index contributed by atoms with van der Waals surface area (Å²) in [6, 6.07) is 2.04. The molecule has 1 nitrogen and oxygen atoms in total. The third kappa shape index (κ3) is 2.71. The third-order valence-electron chi connectivity index (χ3n) is 2.51. The van der Waals surface area contributed by atoms with Gasteiger partial charge in [0.2, 0.25) is 0 Å². The number of nitrogens with one attached hydrogen (secondary N) is 1. The molecule has 0 bridgehead atoms. The Bertz CT molecular complexity index is 385. The van der Waals surface area contributed by atoms with E-state index in [1.54, 1.807) is 7.05 Å². The van der Waals surface area contributed by atoms with E-state index >= 15 is 0 Å². The van der Waals surface area contributed by atoms with E-state index in [0.717, 1.165) is 12.1 Å². The molecule has 0 aliphatic rings. The predicted octanol–water partition coefficient (Wildman–Crippen LogP) is 3.92. The fraction of sp³-hybridized carbons (Fsp3) is 0.500. The van der Waals surface area contributed by atoms with Gasteiger partial charge in [-0.25, -0.2) is 8.78 Å². The summed E-state index contributed by atoms with van der Waals surface area (Å²) in [5, 5.41) is 3.32. The minimum Gasteiger partial charge on any atom is -0.313 e. The highest BCUT2D eigenvalue weighted by molar-refractivity contribution is 6.31. The molecule has 1 rings (SSSR count). The molecule has 0 spiro atoms. The molecule has 0 saturated carbocycles. The summed E-state index contributed by atoms with van der Waals surface area (Å²) in [4.78, 5) is 0. The van der Waals surface area contributed by atoms with Crippen LogP contribution in [-0.4, -0.2) is 7.05 Å². The number of halogens is 3. The van der Waals surface area contributed by atoms with E-state index in [-0.39, 0.29) is 16.5 Å². The minimum absolute atomic E-state index is 0.130. The minimum atomic E-state index is -0.919. The zero-order chi connectivity index (χ0) is 12.5. The van der Waals surface area contributed by atoms with Gasteiger partial charge in [-0.2, -0.15) is 0 Å². The van der Waals surface area contributed by atoms with Gasteiger partial charge in [0.05, 0.1) is 0 Å². The monoisotopic (exact) mass is 247 g/mol. The van der Waals surface area contributed by atoms with Crippen molar-refractivity contribution >= 4 is 11.6 Å². The second-order valence-corrected chi connectivity index (χ2v) is 5.28. The first-order valence-electron chi connectivity index (χ1n) is 5.09. The molecule has 0 aliphatic heterocycles. The van der Waals surface area contributed by atoms with Crippen molar-refractivity contribution in [2.75, 3.05) is 7.05 Å². The summed E-state index contributed by atoms with van der Waals surface area (Å²) < 4.78 is 26.1. The standard InChI is InChI=1S/C12H16ClF2N/c1-12(2,3)11(16-4)7-5-9(14)10(15)6-8(7)13/h5-6,11,16H,1-4H3. The molecule has 1 aromatic rings. The van der Waals surface area contributed by atoms with Crippen LogP contribution in [0.5, 0.6) is 0 Å². The number of rotatable bonds is 2. The molecule has 0 aliphatic carbocycles. The zero-order valence-electron chi connectivity index (χ0n) is 9.87. The Labute approximate surface area is 99.8 Å². The number of hydrogen-bond donors (Lipinski definition) is 1. The highest BCUT2D eigenvalue weighted by atomic mass is 35.5. The van der Waals surface area contributed by atoms with Gasteiger partial charge in [0.25, 0.3) is 0 Å². The lowest BCUT2D eigenvalue weighted by Crippen LogP contribution is -2.30.